The maximum absolute atomic E-state index is 13.4. The monoisotopic (exact) mass is 458 g/mol. The van der Waals surface area contributed by atoms with Crippen molar-refractivity contribution >= 4 is 38.4 Å². The highest BCUT2D eigenvalue weighted by atomic mass is 79.9. The lowest BCUT2D eigenvalue weighted by molar-refractivity contribution is 0.102. The molecule has 1 heterocycles. The number of benzene rings is 3. The van der Waals surface area contributed by atoms with Crippen molar-refractivity contribution in [3.05, 3.63) is 93.5 Å². The van der Waals surface area contributed by atoms with Gasteiger partial charge in [0.1, 0.15) is 0 Å². The number of halogens is 1. The molecule has 0 bridgehead atoms. The van der Waals surface area contributed by atoms with E-state index in [0.717, 1.165) is 55.4 Å². The average Bonchev–Trinajstić information content (AvgIpc) is 2.75. The minimum Gasteiger partial charge on any atom is -0.322 e. The molecule has 4 rings (SSSR count). The predicted octanol–water partition coefficient (Wildman–Crippen LogP) is 7.10. The van der Waals surface area contributed by atoms with Gasteiger partial charge in [-0.15, -0.1) is 0 Å². The average molecular weight is 459 g/mol. The summed E-state index contributed by atoms with van der Waals surface area (Å²) in [6.07, 6.45) is 0.833. The normalized spacial score (nSPS) is 10.9. The third-order valence-electron chi connectivity index (χ3n) is 5.26. The fourth-order valence-electron chi connectivity index (χ4n) is 3.79. The molecule has 0 fully saturated rings. The van der Waals surface area contributed by atoms with E-state index in [-0.39, 0.29) is 5.91 Å². The van der Waals surface area contributed by atoms with Gasteiger partial charge in [0.05, 0.1) is 16.8 Å². The van der Waals surface area contributed by atoms with Crippen molar-refractivity contribution < 1.29 is 4.79 Å². The van der Waals surface area contributed by atoms with E-state index in [4.69, 9.17) is 4.98 Å². The number of carbonyl (C=O) groups excluding carboxylic acids is 1. The fraction of sp³-hybridized carbons (Fsp3) is 0.154. The van der Waals surface area contributed by atoms with E-state index in [9.17, 15) is 4.79 Å². The van der Waals surface area contributed by atoms with Gasteiger partial charge < -0.3 is 5.32 Å². The van der Waals surface area contributed by atoms with Crippen LogP contribution in [0.5, 0.6) is 0 Å². The van der Waals surface area contributed by atoms with Gasteiger partial charge in [0.2, 0.25) is 0 Å². The van der Waals surface area contributed by atoms with Crippen LogP contribution in [0.3, 0.4) is 0 Å². The molecule has 0 unspecified atom stereocenters. The van der Waals surface area contributed by atoms with Crippen LogP contribution in [0, 0.1) is 13.8 Å². The molecule has 0 aliphatic carbocycles. The standard InChI is InChI=1S/C26H23BrN2O/c1-4-18-14-20(27)10-11-23(18)29-26(30)22-15-24(19-8-6-5-7-9-19)28-25-17(3)12-16(2)13-21(22)25/h5-15H,4H2,1-3H3,(H,29,30). The lowest BCUT2D eigenvalue weighted by Gasteiger charge is -2.14. The van der Waals surface area contributed by atoms with Crippen molar-refractivity contribution in [2.24, 2.45) is 0 Å². The minimum absolute atomic E-state index is 0.124. The van der Waals surface area contributed by atoms with Crippen molar-refractivity contribution in [1.29, 1.82) is 0 Å². The number of amides is 1. The second-order valence-corrected chi connectivity index (χ2v) is 8.42. The molecule has 1 amide bonds. The first-order valence-electron chi connectivity index (χ1n) is 10.0. The third kappa shape index (κ3) is 4.01. The van der Waals surface area contributed by atoms with Crippen molar-refractivity contribution in [1.82, 2.24) is 4.98 Å². The van der Waals surface area contributed by atoms with Crippen LogP contribution in [-0.2, 0) is 6.42 Å². The highest BCUT2D eigenvalue weighted by Gasteiger charge is 2.17. The first-order valence-corrected chi connectivity index (χ1v) is 10.8. The second kappa shape index (κ2) is 8.41. The number of hydrogen-bond donors (Lipinski definition) is 1. The number of pyridine rings is 1. The molecule has 0 saturated carbocycles. The first kappa shape index (κ1) is 20.3. The van der Waals surface area contributed by atoms with Gasteiger partial charge in [0.15, 0.2) is 0 Å². The highest BCUT2D eigenvalue weighted by Crippen LogP contribution is 2.29. The predicted molar refractivity (Wildman–Crippen MR) is 128 cm³/mol. The van der Waals surface area contributed by atoms with Gasteiger partial charge >= 0.3 is 0 Å². The second-order valence-electron chi connectivity index (χ2n) is 7.51. The maximum atomic E-state index is 13.4. The van der Waals surface area contributed by atoms with E-state index in [1.807, 2.05) is 74.5 Å². The van der Waals surface area contributed by atoms with Crippen LogP contribution in [0.4, 0.5) is 5.69 Å². The van der Waals surface area contributed by atoms with Gasteiger partial charge in [-0.25, -0.2) is 4.98 Å². The Balaban J connectivity index is 1.87. The number of carbonyl (C=O) groups is 1. The number of nitrogens with one attached hydrogen (secondary N) is 1. The zero-order valence-corrected chi connectivity index (χ0v) is 18.9. The molecule has 3 nitrogen and oxygen atoms in total. The molecule has 0 radical (unpaired) electrons. The van der Waals surface area contributed by atoms with Crippen molar-refractivity contribution in [2.75, 3.05) is 5.32 Å². The van der Waals surface area contributed by atoms with Crippen molar-refractivity contribution in [3.63, 3.8) is 0 Å². The van der Waals surface area contributed by atoms with E-state index in [2.05, 4.69) is 34.2 Å². The summed E-state index contributed by atoms with van der Waals surface area (Å²) in [5, 5.41) is 4.00. The largest absolute Gasteiger partial charge is 0.322 e. The molecule has 0 spiro atoms. The summed E-state index contributed by atoms with van der Waals surface area (Å²) in [4.78, 5) is 18.3. The van der Waals surface area contributed by atoms with Gasteiger partial charge in [-0.3, -0.25) is 4.79 Å². The number of aromatic nitrogens is 1. The molecule has 3 aromatic carbocycles. The van der Waals surface area contributed by atoms with E-state index in [1.54, 1.807) is 0 Å². The molecular formula is C26H23BrN2O. The summed E-state index contributed by atoms with van der Waals surface area (Å²) in [5.41, 5.74) is 7.39. The molecule has 0 aliphatic heterocycles. The quantitative estimate of drug-likeness (QED) is 0.354. The Kier molecular flexibility index (Phi) is 5.69. The molecule has 0 aliphatic rings. The molecule has 0 saturated heterocycles. The van der Waals surface area contributed by atoms with Gasteiger partial charge in [0.25, 0.3) is 5.91 Å². The number of aryl methyl sites for hydroxylation is 3. The van der Waals surface area contributed by atoms with Crippen LogP contribution in [0.1, 0.15) is 34.0 Å². The number of hydrogen-bond acceptors (Lipinski definition) is 2. The lowest BCUT2D eigenvalue weighted by atomic mass is 9.99. The zero-order chi connectivity index (χ0) is 21.3. The molecule has 1 aromatic heterocycles. The molecular weight excluding hydrogens is 436 g/mol. The lowest BCUT2D eigenvalue weighted by Crippen LogP contribution is -2.14. The van der Waals surface area contributed by atoms with E-state index in [1.165, 1.54) is 0 Å². The Labute approximate surface area is 185 Å². The van der Waals surface area contributed by atoms with Crippen LogP contribution in [-0.4, -0.2) is 10.9 Å². The zero-order valence-electron chi connectivity index (χ0n) is 17.3. The number of anilines is 1. The van der Waals surface area contributed by atoms with Gasteiger partial charge in [0, 0.05) is 21.1 Å². The summed E-state index contributed by atoms with van der Waals surface area (Å²) in [5.74, 6) is -0.124. The molecule has 150 valence electrons. The molecule has 30 heavy (non-hydrogen) atoms. The number of nitrogens with zero attached hydrogens (tertiary/aromatic N) is 1. The number of fused-ring (bicyclic) bond motifs is 1. The first-order chi connectivity index (χ1) is 14.5. The topological polar surface area (TPSA) is 42.0 Å². The summed E-state index contributed by atoms with van der Waals surface area (Å²) in [6.45, 7) is 6.17. The highest BCUT2D eigenvalue weighted by molar-refractivity contribution is 9.10. The van der Waals surface area contributed by atoms with Crippen LogP contribution in [0.25, 0.3) is 22.2 Å². The molecule has 1 N–H and O–H groups in total. The molecule has 0 atom stereocenters. The van der Waals surface area contributed by atoms with Crippen molar-refractivity contribution in [3.8, 4) is 11.3 Å². The maximum Gasteiger partial charge on any atom is 0.256 e. The summed E-state index contributed by atoms with van der Waals surface area (Å²) < 4.78 is 1.00. The van der Waals surface area contributed by atoms with Crippen LogP contribution < -0.4 is 5.32 Å². The van der Waals surface area contributed by atoms with E-state index in [0.29, 0.717) is 5.56 Å². The van der Waals surface area contributed by atoms with Crippen LogP contribution in [0.2, 0.25) is 0 Å². The molecule has 4 heteroatoms. The SMILES string of the molecule is CCc1cc(Br)ccc1NC(=O)c1cc(-c2ccccc2)nc2c(C)cc(C)cc12. The Morgan fingerprint density at radius 2 is 1.77 bits per heavy atom. The Morgan fingerprint density at radius 3 is 2.50 bits per heavy atom. The van der Waals surface area contributed by atoms with Gasteiger partial charge in [-0.2, -0.15) is 0 Å². The van der Waals surface area contributed by atoms with E-state index < -0.39 is 0 Å². The van der Waals surface area contributed by atoms with Gasteiger partial charge in [-0.1, -0.05) is 64.8 Å². The third-order valence-corrected chi connectivity index (χ3v) is 5.75. The van der Waals surface area contributed by atoms with Gasteiger partial charge in [-0.05, 0) is 61.7 Å². The van der Waals surface area contributed by atoms with Crippen LogP contribution in [0.15, 0.2) is 71.2 Å². The smallest absolute Gasteiger partial charge is 0.256 e. The molecule has 4 aromatic rings. The minimum atomic E-state index is -0.124. The van der Waals surface area contributed by atoms with E-state index >= 15 is 0 Å². The van der Waals surface area contributed by atoms with Crippen molar-refractivity contribution in [2.45, 2.75) is 27.2 Å². The summed E-state index contributed by atoms with van der Waals surface area (Å²) >= 11 is 3.51. The summed E-state index contributed by atoms with van der Waals surface area (Å²) in [6, 6.07) is 22.0. The van der Waals surface area contributed by atoms with Crippen LogP contribution >= 0.6 is 15.9 Å². The Bertz CT molecular complexity index is 1250. The Hall–Kier alpha value is -2.98. The fourth-order valence-corrected chi connectivity index (χ4v) is 4.20. The Morgan fingerprint density at radius 1 is 1.00 bits per heavy atom. The summed E-state index contributed by atoms with van der Waals surface area (Å²) in [7, 11) is 0. The number of rotatable bonds is 4.